The number of carboxylic acid groups (broad SMARTS) is 1. The highest BCUT2D eigenvalue weighted by atomic mass is 79.9. The van der Waals surface area contributed by atoms with E-state index in [4.69, 9.17) is 9.84 Å². The Hall–Kier alpha value is -1.90. The minimum Gasteiger partial charge on any atom is -0.478 e. The number of aliphatic hydroxyl groups is 1. The van der Waals surface area contributed by atoms with Gasteiger partial charge in [-0.25, -0.2) is 9.59 Å². The first-order valence-corrected chi connectivity index (χ1v) is 10.3. The van der Waals surface area contributed by atoms with Crippen molar-refractivity contribution in [3.8, 4) is 0 Å². The van der Waals surface area contributed by atoms with Gasteiger partial charge in [0.25, 0.3) is 0 Å². The number of hydrogen-bond donors (Lipinski definition) is 3. The number of ether oxygens (including phenoxy) is 1. The number of carboxylic acids is 1. The minimum atomic E-state index is -1.19. The van der Waals surface area contributed by atoms with Gasteiger partial charge in [-0.3, -0.25) is 5.32 Å². The molecule has 0 bridgehead atoms. The molecule has 0 aliphatic carbocycles. The van der Waals surface area contributed by atoms with Crippen LogP contribution in [-0.4, -0.2) is 54.1 Å². The van der Waals surface area contributed by atoms with Gasteiger partial charge in [0.15, 0.2) is 6.23 Å². The van der Waals surface area contributed by atoms with Crippen LogP contribution in [0.3, 0.4) is 0 Å². The number of aliphatic carboxylic acids is 1. The lowest BCUT2D eigenvalue weighted by atomic mass is 9.93. The number of carbonyl (C=O) groups excluding carboxylic acids is 1. The number of aliphatic hydroxyl groups excluding tert-OH is 1. The number of rotatable bonds is 5. The van der Waals surface area contributed by atoms with Crippen molar-refractivity contribution in [1.82, 2.24) is 5.32 Å². The molecule has 0 radical (unpaired) electrons. The minimum absolute atomic E-state index is 0.402. The van der Waals surface area contributed by atoms with Crippen molar-refractivity contribution in [3.63, 3.8) is 0 Å². The fourth-order valence-corrected chi connectivity index (χ4v) is 4.84. The average molecular weight is 453 g/mol. The lowest BCUT2D eigenvalue weighted by molar-refractivity contribution is -0.145. The first kappa shape index (κ1) is 20.8. The van der Waals surface area contributed by atoms with Crippen molar-refractivity contribution in [2.24, 2.45) is 0 Å². The van der Waals surface area contributed by atoms with E-state index in [0.29, 0.717) is 19.5 Å². The summed E-state index contributed by atoms with van der Waals surface area (Å²) in [6, 6.07) is 2.19. The topological polar surface area (TPSA) is 99.1 Å². The second kappa shape index (κ2) is 9.07. The Morgan fingerprint density at radius 3 is 2.89 bits per heavy atom. The Morgan fingerprint density at radius 2 is 2.18 bits per heavy atom. The maximum Gasteiger partial charge on any atom is 0.332 e. The van der Waals surface area contributed by atoms with Gasteiger partial charge in [-0.05, 0) is 58.8 Å². The number of esters is 1. The molecule has 3 N–H and O–H groups in total. The Kier molecular flexibility index (Phi) is 6.74. The van der Waals surface area contributed by atoms with Crippen LogP contribution in [0.15, 0.2) is 22.7 Å². The molecule has 8 heteroatoms. The summed E-state index contributed by atoms with van der Waals surface area (Å²) in [5.41, 5.74) is 4.69. The van der Waals surface area contributed by atoms with Crippen molar-refractivity contribution in [2.45, 2.75) is 44.9 Å². The number of benzene rings is 1. The van der Waals surface area contributed by atoms with E-state index in [2.05, 4.69) is 32.2 Å². The van der Waals surface area contributed by atoms with Crippen LogP contribution >= 0.6 is 15.9 Å². The molecular formula is C20H25BrN2O5. The van der Waals surface area contributed by atoms with Gasteiger partial charge in [-0.15, -0.1) is 0 Å². The lowest BCUT2D eigenvalue weighted by Gasteiger charge is -2.34. The predicted octanol–water partition coefficient (Wildman–Crippen LogP) is 1.78. The molecule has 1 unspecified atom stereocenters. The lowest BCUT2D eigenvalue weighted by Crippen LogP contribution is -2.36. The molecule has 0 aromatic heterocycles. The molecule has 2 heterocycles. The van der Waals surface area contributed by atoms with Crippen LogP contribution in [0.2, 0.25) is 0 Å². The summed E-state index contributed by atoms with van der Waals surface area (Å²) >= 11 is 3.79. The average Bonchev–Trinajstić information content (AvgIpc) is 2.81. The number of anilines is 1. The van der Waals surface area contributed by atoms with Crippen LogP contribution in [0.5, 0.6) is 0 Å². The third kappa shape index (κ3) is 4.92. The zero-order chi connectivity index (χ0) is 20.3. The number of nitrogens with one attached hydrogen (secondary N) is 1. The number of hydrogen-bond acceptors (Lipinski definition) is 6. The van der Waals surface area contributed by atoms with Gasteiger partial charge in [0.05, 0.1) is 11.8 Å². The Morgan fingerprint density at radius 1 is 1.39 bits per heavy atom. The van der Waals surface area contributed by atoms with E-state index in [1.807, 2.05) is 0 Å². The van der Waals surface area contributed by atoms with E-state index in [0.717, 1.165) is 53.7 Å². The van der Waals surface area contributed by atoms with Crippen molar-refractivity contribution in [1.29, 1.82) is 0 Å². The zero-order valence-electron chi connectivity index (χ0n) is 15.8. The molecule has 0 amide bonds. The molecule has 1 aromatic rings. The molecule has 28 heavy (non-hydrogen) atoms. The van der Waals surface area contributed by atoms with Gasteiger partial charge in [-0.1, -0.05) is 6.07 Å². The monoisotopic (exact) mass is 452 g/mol. The molecule has 0 saturated carbocycles. The molecule has 3 rings (SSSR count). The van der Waals surface area contributed by atoms with E-state index < -0.39 is 24.3 Å². The van der Waals surface area contributed by atoms with Crippen molar-refractivity contribution in [2.75, 3.05) is 24.5 Å². The summed E-state index contributed by atoms with van der Waals surface area (Å²) in [7, 11) is 0. The Bertz CT molecular complexity index is 793. The second-order valence-electron chi connectivity index (χ2n) is 7.24. The number of β-amino-alcohol motifs (C(OH)–C–C–N with tert-alkyl or cyclic N) is 1. The van der Waals surface area contributed by atoms with Gasteiger partial charge in [0, 0.05) is 42.7 Å². The summed E-state index contributed by atoms with van der Waals surface area (Å²) in [6.45, 7) is 3.96. The van der Waals surface area contributed by atoms with Gasteiger partial charge in [-0.2, -0.15) is 0 Å². The largest absolute Gasteiger partial charge is 0.478 e. The summed E-state index contributed by atoms with van der Waals surface area (Å²) in [4.78, 5) is 24.6. The first-order valence-electron chi connectivity index (χ1n) is 9.46. The number of carbonyl (C=O) groups is 2. The van der Waals surface area contributed by atoms with E-state index in [9.17, 15) is 14.7 Å². The van der Waals surface area contributed by atoms with E-state index in [-0.39, 0.29) is 0 Å². The number of fused-ring (bicyclic) bond motifs is 2. The van der Waals surface area contributed by atoms with E-state index >= 15 is 0 Å². The molecule has 152 valence electrons. The van der Waals surface area contributed by atoms with Gasteiger partial charge < -0.3 is 19.8 Å². The van der Waals surface area contributed by atoms with Crippen molar-refractivity contribution >= 4 is 33.6 Å². The molecule has 0 saturated heterocycles. The van der Waals surface area contributed by atoms with Crippen LogP contribution in [-0.2, 0) is 33.6 Å². The van der Waals surface area contributed by atoms with Crippen LogP contribution in [0, 0.1) is 0 Å². The number of nitrogens with zero attached hydrogens (tertiary/aromatic N) is 1. The quantitative estimate of drug-likeness (QED) is 0.462. The number of aryl methyl sites for hydroxylation is 1. The van der Waals surface area contributed by atoms with Gasteiger partial charge >= 0.3 is 11.9 Å². The fraction of sp³-hybridized carbons (Fsp3) is 0.500. The number of halogens is 1. The van der Waals surface area contributed by atoms with Crippen LogP contribution in [0.25, 0.3) is 0 Å². The maximum atomic E-state index is 11.8. The predicted molar refractivity (Wildman–Crippen MR) is 108 cm³/mol. The summed E-state index contributed by atoms with van der Waals surface area (Å²) in [6.07, 6.45) is 4.09. The molecule has 0 fully saturated rings. The third-order valence-corrected chi connectivity index (χ3v) is 5.81. The molecule has 2 aliphatic rings. The standard InChI is InChI=1S/C20H25BrN2O5/c1-12(24)11-23-8-2-3-13-9-14-10-16(28-18(27)5-4-17(25)26)22-7-6-15(14)19(21)20(13)23/h4-5,9,12,16,22,24H,2-3,6-8,10-11H2,1H3,(H,25,26)/b5-4+/t12-,16?/m0/s1. The highest BCUT2D eigenvalue weighted by molar-refractivity contribution is 9.10. The third-order valence-electron chi connectivity index (χ3n) is 4.96. The van der Waals surface area contributed by atoms with Crippen molar-refractivity contribution < 1.29 is 24.5 Å². The summed E-state index contributed by atoms with van der Waals surface area (Å²) in [5, 5.41) is 21.7. The molecule has 7 nitrogen and oxygen atoms in total. The highest BCUT2D eigenvalue weighted by Crippen LogP contribution is 2.40. The Labute approximate surface area is 172 Å². The maximum absolute atomic E-state index is 11.8. The molecule has 0 spiro atoms. The van der Waals surface area contributed by atoms with Crippen LogP contribution in [0.4, 0.5) is 5.69 Å². The Balaban J connectivity index is 1.84. The molecule has 1 aromatic carbocycles. The van der Waals surface area contributed by atoms with Crippen LogP contribution < -0.4 is 10.2 Å². The van der Waals surface area contributed by atoms with E-state index in [1.54, 1.807) is 6.92 Å². The normalized spacial score (nSPS) is 20.2. The zero-order valence-corrected chi connectivity index (χ0v) is 17.4. The first-order chi connectivity index (χ1) is 13.3. The molecule has 2 atom stereocenters. The second-order valence-corrected chi connectivity index (χ2v) is 8.03. The van der Waals surface area contributed by atoms with Crippen LogP contribution in [0.1, 0.15) is 30.0 Å². The van der Waals surface area contributed by atoms with E-state index in [1.165, 1.54) is 11.1 Å². The SMILES string of the molecule is C[C@H](O)CN1CCCc2cc3c(c(Br)c21)CCNC(OC(=O)/C=C/C(=O)O)C3. The van der Waals surface area contributed by atoms with Gasteiger partial charge in [0.2, 0.25) is 0 Å². The molecule has 2 aliphatic heterocycles. The molecular weight excluding hydrogens is 428 g/mol. The summed E-state index contributed by atoms with van der Waals surface area (Å²) < 4.78 is 6.43. The fourth-order valence-electron chi connectivity index (χ4n) is 3.88. The smallest absolute Gasteiger partial charge is 0.332 e. The summed E-state index contributed by atoms with van der Waals surface area (Å²) in [5.74, 6) is -1.86. The highest BCUT2D eigenvalue weighted by Gasteiger charge is 2.27. The van der Waals surface area contributed by atoms with Gasteiger partial charge in [0.1, 0.15) is 0 Å². The van der Waals surface area contributed by atoms with Crippen molar-refractivity contribution in [3.05, 3.63) is 39.4 Å².